The van der Waals surface area contributed by atoms with Gasteiger partial charge in [-0.3, -0.25) is 4.48 Å². The molecule has 2 aromatic carbocycles. The number of halogens is 2. The van der Waals surface area contributed by atoms with Crippen LogP contribution in [0.2, 0.25) is 10.0 Å². The second kappa shape index (κ2) is 7.70. The van der Waals surface area contributed by atoms with Crippen LogP contribution in [0.3, 0.4) is 0 Å². The Balaban J connectivity index is 1.55. The van der Waals surface area contributed by atoms with Gasteiger partial charge in [0.15, 0.2) is 0 Å². The fourth-order valence-corrected chi connectivity index (χ4v) is 4.48. The van der Waals surface area contributed by atoms with Gasteiger partial charge >= 0.3 is 0 Å². The third kappa shape index (κ3) is 3.48. The number of methoxy groups -OCH3 is 1. The average Bonchev–Trinajstić information content (AvgIpc) is 3.19. The monoisotopic (exact) mass is 416 g/mol. The highest BCUT2D eigenvalue weighted by Crippen LogP contribution is 2.36. The molecule has 0 amide bonds. The number of benzene rings is 2. The number of nitrogens with one attached hydrogen (secondary N) is 1. The van der Waals surface area contributed by atoms with E-state index in [4.69, 9.17) is 27.9 Å². The molecule has 1 aromatic heterocycles. The van der Waals surface area contributed by atoms with Gasteiger partial charge in [-0.25, -0.2) is 0 Å². The van der Waals surface area contributed by atoms with Crippen molar-refractivity contribution in [3.8, 4) is 17.0 Å². The molecule has 4 nitrogen and oxygen atoms in total. The quantitative estimate of drug-likeness (QED) is 0.572. The molecule has 0 bridgehead atoms. The van der Waals surface area contributed by atoms with E-state index >= 15 is 0 Å². The largest absolute Gasteiger partial charge is 0.495 e. The molecule has 0 atom stereocenters. The summed E-state index contributed by atoms with van der Waals surface area (Å²) < 4.78 is 6.37. The Bertz CT molecular complexity index is 957. The first-order valence-corrected chi connectivity index (χ1v) is 10.1. The third-order valence-corrected chi connectivity index (χ3v) is 6.27. The summed E-state index contributed by atoms with van der Waals surface area (Å²) in [5.41, 5.74) is 2.97. The fourth-order valence-electron chi connectivity index (χ4n) is 3.88. The van der Waals surface area contributed by atoms with Crippen LogP contribution in [0.4, 0.5) is 11.5 Å². The van der Waals surface area contributed by atoms with Gasteiger partial charge in [-0.15, -0.1) is 0 Å². The predicted octanol–water partition coefficient (Wildman–Crippen LogP) is 5.45. The molecule has 2 heterocycles. The third-order valence-electron chi connectivity index (χ3n) is 5.64. The SMILES string of the molecule is COc1ccccc1N1CC[N+](C)(c2ccc(-c3c(Cl)cccc3Cl)[nH]2)CC1. The summed E-state index contributed by atoms with van der Waals surface area (Å²) in [5.74, 6) is 2.10. The number of ether oxygens (including phenoxy) is 1. The number of aromatic amines is 1. The van der Waals surface area contributed by atoms with Crippen LogP contribution in [0.5, 0.6) is 5.75 Å². The van der Waals surface area contributed by atoms with Gasteiger partial charge in [-0.1, -0.05) is 41.4 Å². The summed E-state index contributed by atoms with van der Waals surface area (Å²) in [6.45, 7) is 3.90. The van der Waals surface area contributed by atoms with Crippen molar-refractivity contribution in [2.24, 2.45) is 0 Å². The predicted molar refractivity (Wildman–Crippen MR) is 119 cm³/mol. The molecule has 0 spiro atoms. The zero-order valence-corrected chi connectivity index (χ0v) is 17.6. The van der Waals surface area contributed by atoms with Crippen molar-refractivity contribution in [2.45, 2.75) is 0 Å². The van der Waals surface area contributed by atoms with Gasteiger partial charge in [0.25, 0.3) is 0 Å². The van der Waals surface area contributed by atoms with Crippen molar-refractivity contribution in [3.63, 3.8) is 0 Å². The molecule has 146 valence electrons. The van der Waals surface area contributed by atoms with E-state index in [1.165, 1.54) is 5.82 Å². The first-order valence-electron chi connectivity index (χ1n) is 9.38. The van der Waals surface area contributed by atoms with E-state index in [0.29, 0.717) is 10.0 Å². The maximum atomic E-state index is 6.38. The molecular formula is C22H24Cl2N3O+. The Morgan fingerprint density at radius 1 is 0.929 bits per heavy atom. The van der Waals surface area contributed by atoms with Crippen LogP contribution in [-0.4, -0.2) is 45.3 Å². The molecule has 4 rings (SSSR count). The molecule has 1 fully saturated rings. The molecule has 1 aliphatic rings. The van der Waals surface area contributed by atoms with Gasteiger partial charge in [0, 0.05) is 11.6 Å². The smallest absolute Gasteiger partial charge is 0.205 e. The van der Waals surface area contributed by atoms with E-state index < -0.39 is 0 Å². The summed E-state index contributed by atoms with van der Waals surface area (Å²) in [6, 6.07) is 18.0. The summed E-state index contributed by atoms with van der Waals surface area (Å²) in [6.07, 6.45) is 0. The molecule has 1 aliphatic heterocycles. The van der Waals surface area contributed by atoms with Gasteiger partial charge in [-0.2, -0.15) is 0 Å². The highest BCUT2D eigenvalue weighted by Gasteiger charge is 2.33. The number of hydrogen-bond acceptors (Lipinski definition) is 2. The molecule has 1 saturated heterocycles. The van der Waals surface area contributed by atoms with Gasteiger partial charge in [-0.05, 0) is 30.3 Å². The highest BCUT2D eigenvalue weighted by molar-refractivity contribution is 6.39. The molecule has 0 radical (unpaired) electrons. The van der Waals surface area contributed by atoms with Gasteiger partial charge in [0.05, 0.1) is 48.7 Å². The number of H-pyrrole nitrogens is 1. The van der Waals surface area contributed by atoms with E-state index in [1.54, 1.807) is 7.11 Å². The molecule has 0 saturated carbocycles. The van der Waals surface area contributed by atoms with Crippen molar-refractivity contribution < 1.29 is 4.74 Å². The Morgan fingerprint density at radius 2 is 1.61 bits per heavy atom. The standard InChI is InChI=1S/C22H24Cl2N3O/c1-27(14-12-26(13-15-27)19-8-3-4-9-20(19)28-2)21-11-10-18(25-21)22-16(23)6-5-7-17(22)24/h3-11,25H,12-15H2,1-2H3/q+1. The minimum Gasteiger partial charge on any atom is -0.495 e. The van der Waals surface area contributed by atoms with Crippen LogP contribution in [0.25, 0.3) is 11.3 Å². The Hall–Kier alpha value is -2.14. The first kappa shape index (κ1) is 19.2. The Morgan fingerprint density at radius 3 is 2.29 bits per heavy atom. The van der Waals surface area contributed by atoms with Crippen molar-refractivity contribution in [2.75, 3.05) is 45.2 Å². The molecule has 6 heteroatoms. The van der Waals surface area contributed by atoms with Gasteiger partial charge in [0.2, 0.25) is 5.82 Å². The summed E-state index contributed by atoms with van der Waals surface area (Å²) in [5, 5.41) is 1.31. The van der Waals surface area contributed by atoms with Crippen LogP contribution in [-0.2, 0) is 0 Å². The minimum absolute atomic E-state index is 0.657. The molecule has 3 aromatic rings. The number of nitrogens with zero attached hydrogens (tertiary/aromatic N) is 2. The van der Waals surface area contributed by atoms with Crippen LogP contribution >= 0.6 is 23.2 Å². The Kier molecular flexibility index (Phi) is 5.28. The van der Waals surface area contributed by atoms with Crippen LogP contribution in [0.1, 0.15) is 0 Å². The fraction of sp³-hybridized carbons (Fsp3) is 0.273. The van der Waals surface area contributed by atoms with Crippen LogP contribution in [0, 0.1) is 0 Å². The average molecular weight is 417 g/mol. The maximum absolute atomic E-state index is 6.38. The zero-order valence-electron chi connectivity index (χ0n) is 16.1. The molecular weight excluding hydrogens is 393 g/mol. The number of quaternary nitrogens is 1. The molecule has 0 unspecified atom stereocenters. The Labute approximate surface area is 175 Å². The minimum atomic E-state index is 0.657. The number of para-hydroxylation sites is 2. The lowest BCUT2D eigenvalue weighted by Gasteiger charge is -2.41. The second-order valence-corrected chi connectivity index (χ2v) is 8.17. The van der Waals surface area contributed by atoms with Gasteiger partial charge < -0.3 is 14.6 Å². The molecule has 0 aliphatic carbocycles. The van der Waals surface area contributed by atoms with E-state index in [9.17, 15) is 0 Å². The molecule has 28 heavy (non-hydrogen) atoms. The van der Waals surface area contributed by atoms with Crippen LogP contribution < -0.4 is 14.1 Å². The summed E-state index contributed by atoms with van der Waals surface area (Å²) in [4.78, 5) is 5.96. The van der Waals surface area contributed by atoms with E-state index in [0.717, 1.165) is 53.4 Å². The van der Waals surface area contributed by atoms with E-state index in [2.05, 4.69) is 41.2 Å². The highest BCUT2D eigenvalue weighted by atomic mass is 35.5. The first-order chi connectivity index (χ1) is 13.5. The topological polar surface area (TPSA) is 28.3 Å². The normalized spacial score (nSPS) is 16.2. The number of hydrogen-bond donors (Lipinski definition) is 1. The van der Waals surface area contributed by atoms with E-state index in [1.807, 2.05) is 30.3 Å². The van der Waals surface area contributed by atoms with E-state index in [-0.39, 0.29) is 0 Å². The summed E-state index contributed by atoms with van der Waals surface area (Å²) in [7, 11) is 3.99. The summed E-state index contributed by atoms with van der Waals surface area (Å²) >= 11 is 12.8. The van der Waals surface area contributed by atoms with Crippen molar-refractivity contribution in [3.05, 3.63) is 64.6 Å². The number of piperazine rings is 1. The zero-order chi connectivity index (χ0) is 19.7. The number of likely N-dealkylation sites (N-methyl/N-ethyl adjacent to an activating group) is 1. The van der Waals surface area contributed by atoms with Gasteiger partial charge in [0.1, 0.15) is 18.8 Å². The maximum Gasteiger partial charge on any atom is 0.205 e. The van der Waals surface area contributed by atoms with Crippen molar-refractivity contribution in [1.82, 2.24) is 9.47 Å². The number of anilines is 1. The lowest BCUT2D eigenvalue weighted by Crippen LogP contribution is -2.58. The second-order valence-electron chi connectivity index (χ2n) is 7.36. The van der Waals surface area contributed by atoms with Crippen molar-refractivity contribution >= 4 is 34.7 Å². The van der Waals surface area contributed by atoms with Crippen molar-refractivity contribution in [1.29, 1.82) is 0 Å². The van der Waals surface area contributed by atoms with Crippen LogP contribution in [0.15, 0.2) is 54.6 Å². The lowest BCUT2D eigenvalue weighted by atomic mass is 10.1. The molecule has 1 N–H and O–H groups in total. The number of aromatic nitrogens is 1. The lowest BCUT2D eigenvalue weighted by molar-refractivity contribution is 0.301. The number of rotatable bonds is 4.